The summed E-state index contributed by atoms with van der Waals surface area (Å²) in [6.45, 7) is 0.896. The third-order valence-electron chi connectivity index (χ3n) is 4.03. The molecule has 23 heavy (non-hydrogen) atoms. The number of aliphatic carboxylic acids is 1. The summed E-state index contributed by atoms with van der Waals surface area (Å²) in [5.74, 6) is -1.31. The number of amides is 1. The maximum atomic E-state index is 12.5. The van der Waals surface area contributed by atoms with Gasteiger partial charge in [-0.05, 0) is 43.2 Å². The highest BCUT2D eigenvalue weighted by molar-refractivity contribution is 6.30. The average Bonchev–Trinajstić information content (AvgIpc) is 3.05. The van der Waals surface area contributed by atoms with E-state index in [1.165, 1.54) is 0 Å². The third-order valence-corrected chi connectivity index (χ3v) is 4.28. The normalized spacial score (nSPS) is 15.6. The Labute approximate surface area is 138 Å². The summed E-state index contributed by atoms with van der Waals surface area (Å²) in [4.78, 5) is 25.1. The lowest BCUT2D eigenvalue weighted by Crippen LogP contribution is -2.40. The van der Waals surface area contributed by atoms with Crippen molar-refractivity contribution >= 4 is 23.5 Å². The van der Waals surface area contributed by atoms with E-state index in [1.54, 1.807) is 34.0 Å². The van der Waals surface area contributed by atoms with Gasteiger partial charge in [-0.25, -0.2) is 4.68 Å². The Kier molecular flexibility index (Phi) is 4.34. The highest BCUT2D eigenvalue weighted by atomic mass is 35.5. The molecule has 0 aliphatic carbocycles. The lowest BCUT2D eigenvalue weighted by atomic mass is 9.97. The van der Waals surface area contributed by atoms with Crippen LogP contribution in [0, 0.1) is 5.92 Å². The number of hydrogen-bond donors (Lipinski definition) is 1. The Bertz CT molecular complexity index is 718. The van der Waals surface area contributed by atoms with Gasteiger partial charge in [0, 0.05) is 24.3 Å². The second kappa shape index (κ2) is 6.42. The number of carboxylic acids is 1. The average molecular weight is 334 g/mol. The Hall–Kier alpha value is -2.34. The minimum absolute atomic E-state index is 0.165. The van der Waals surface area contributed by atoms with E-state index in [4.69, 9.17) is 16.7 Å². The number of carbonyl (C=O) groups is 2. The van der Waals surface area contributed by atoms with Gasteiger partial charge in [-0.15, -0.1) is 0 Å². The number of piperidine rings is 1. The maximum absolute atomic E-state index is 12.5. The molecule has 3 rings (SSSR count). The van der Waals surface area contributed by atoms with Crippen molar-refractivity contribution in [3.8, 4) is 5.69 Å². The van der Waals surface area contributed by atoms with Crippen LogP contribution < -0.4 is 0 Å². The van der Waals surface area contributed by atoms with Crippen LogP contribution in [-0.2, 0) is 4.79 Å². The van der Waals surface area contributed by atoms with Gasteiger partial charge in [0.05, 0.1) is 11.6 Å². The van der Waals surface area contributed by atoms with E-state index in [0.29, 0.717) is 36.6 Å². The molecule has 0 spiro atoms. The summed E-state index contributed by atoms with van der Waals surface area (Å²) in [6.07, 6.45) is 2.69. The van der Waals surface area contributed by atoms with Crippen LogP contribution in [0.4, 0.5) is 0 Å². The molecule has 1 aliphatic rings. The Balaban J connectivity index is 1.69. The zero-order chi connectivity index (χ0) is 16.4. The molecule has 1 amide bonds. The monoisotopic (exact) mass is 333 g/mol. The van der Waals surface area contributed by atoms with E-state index in [2.05, 4.69) is 5.10 Å². The molecule has 0 saturated carbocycles. The smallest absolute Gasteiger partial charge is 0.306 e. The molecule has 0 atom stereocenters. The van der Waals surface area contributed by atoms with E-state index < -0.39 is 5.97 Å². The summed E-state index contributed by atoms with van der Waals surface area (Å²) in [5, 5.41) is 13.9. The largest absolute Gasteiger partial charge is 0.481 e. The molecule has 120 valence electrons. The number of hydrogen-bond acceptors (Lipinski definition) is 3. The maximum Gasteiger partial charge on any atom is 0.306 e. The van der Waals surface area contributed by atoms with Gasteiger partial charge in [-0.3, -0.25) is 9.59 Å². The molecule has 1 saturated heterocycles. The highest BCUT2D eigenvalue weighted by Gasteiger charge is 2.28. The van der Waals surface area contributed by atoms with Crippen molar-refractivity contribution in [1.29, 1.82) is 0 Å². The number of benzene rings is 1. The highest BCUT2D eigenvalue weighted by Crippen LogP contribution is 2.19. The van der Waals surface area contributed by atoms with Crippen LogP contribution >= 0.6 is 11.6 Å². The molecule has 1 aromatic heterocycles. The fraction of sp³-hybridized carbons (Fsp3) is 0.312. The summed E-state index contributed by atoms with van der Waals surface area (Å²) in [5.41, 5.74) is 1.17. The van der Waals surface area contributed by atoms with Crippen molar-refractivity contribution in [3.63, 3.8) is 0 Å². The number of carbonyl (C=O) groups excluding carboxylic acids is 1. The number of aromatic nitrogens is 2. The fourth-order valence-electron chi connectivity index (χ4n) is 2.67. The van der Waals surface area contributed by atoms with E-state index in [-0.39, 0.29) is 11.8 Å². The van der Waals surface area contributed by atoms with Crippen LogP contribution in [0.25, 0.3) is 5.69 Å². The van der Waals surface area contributed by atoms with Gasteiger partial charge in [-0.1, -0.05) is 11.6 Å². The first kappa shape index (κ1) is 15.6. The minimum Gasteiger partial charge on any atom is -0.481 e. The molecule has 2 heterocycles. The van der Waals surface area contributed by atoms with Crippen LogP contribution in [0.3, 0.4) is 0 Å². The molecular weight excluding hydrogens is 318 g/mol. The van der Waals surface area contributed by atoms with Crippen LogP contribution in [0.2, 0.25) is 5.02 Å². The topological polar surface area (TPSA) is 75.4 Å². The Morgan fingerprint density at radius 3 is 2.39 bits per heavy atom. The SMILES string of the molecule is O=C(O)C1CCN(C(=O)c2ccn(-c3ccc(Cl)cc3)n2)CC1. The van der Waals surface area contributed by atoms with Gasteiger partial charge >= 0.3 is 5.97 Å². The molecule has 6 nitrogen and oxygen atoms in total. The number of halogens is 1. The first-order valence-corrected chi connectivity index (χ1v) is 7.76. The molecule has 1 aliphatic heterocycles. The molecule has 2 aromatic rings. The van der Waals surface area contributed by atoms with Crippen molar-refractivity contribution < 1.29 is 14.7 Å². The quantitative estimate of drug-likeness (QED) is 0.936. The minimum atomic E-state index is -0.788. The van der Waals surface area contributed by atoms with E-state index >= 15 is 0 Å². The van der Waals surface area contributed by atoms with Crippen molar-refractivity contribution in [1.82, 2.24) is 14.7 Å². The van der Waals surface area contributed by atoms with Crippen LogP contribution in [-0.4, -0.2) is 44.8 Å². The van der Waals surface area contributed by atoms with Gasteiger partial charge in [0.2, 0.25) is 0 Å². The first-order chi connectivity index (χ1) is 11.0. The Morgan fingerprint density at radius 1 is 1.13 bits per heavy atom. The lowest BCUT2D eigenvalue weighted by molar-refractivity contribution is -0.143. The molecule has 7 heteroatoms. The van der Waals surface area contributed by atoms with Crippen molar-refractivity contribution in [3.05, 3.63) is 47.2 Å². The molecule has 0 bridgehead atoms. The first-order valence-electron chi connectivity index (χ1n) is 7.38. The van der Waals surface area contributed by atoms with Crippen molar-refractivity contribution in [2.24, 2.45) is 5.92 Å². The van der Waals surface area contributed by atoms with Gasteiger partial charge in [0.1, 0.15) is 0 Å². The van der Waals surface area contributed by atoms with E-state index in [1.807, 2.05) is 12.1 Å². The third kappa shape index (κ3) is 3.37. The summed E-state index contributed by atoms with van der Waals surface area (Å²) in [6, 6.07) is 8.83. The van der Waals surface area contributed by atoms with Crippen molar-refractivity contribution in [2.45, 2.75) is 12.8 Å². The zero-order valence-electron chi connectivity index (χ0n) is 12.4. The number of nitrogens with zero attached hydrogens (tertiary/aromatic N) is 3. The second-order valence-corrected chi connectivity index (χ2v) is 5.96. The number of likely N-dealkylation sites (tertiary alicyclic amines) is 1. The predicted octanol–water partition coefficient (Wildman–Crippen LogP) is 2.46. The molecule has 1 fully saturated rings. The van der Waals surface area contributed by atoms with Crippen molar-refractivity contribution in [2.75, 3.05) is 13.1 Å². The molecule has 0 unspecified atom stereocenters. The lowest BCUT2D eigenvalue weighted by Gasteiger charge is -2.29. The molecule has 1 N–H and O–H groups in total. The summed E-state index contributed by atoms with van der Waals surface area (Å²) < 4.78 is 1.62. The molecule has 1 aromatic carbocycles. The van der Waals surface area contributed by atoms with Crippen LogP contribution in [0.1, 0.15) is 23.3 Å². The fourth-order valence-corrected chi connectivity index (χ4v) is 2.79. The predicted molar refractivity (Wildman–Crippen MR) is 84.8 cm³/mol. The van der Waals surface area contributed by atoms with Gasteiger partial charge in [0.25, 0.3) is 5.91 Å². The van der Waals surface area contributed by atoms with E-state index in [9.17, 15) is 9.59 Å². The second-order valence-electron chi connectivity index (χ2n) is 5.53. The summed E-state index contributed by atoms with van der Waals surface area (Å²) >= 11 is 5.86. The number of carboxylic acid groups (broad SMARTS) is 1. The van der Waals surface area contributed by atoms with Gasteiger partial charge in [-0.2, -0.15) is 5.10 Å². The van der Waals surface area contributed by atoms with Gasteiger partial charge in [0.15, 0.2) is 5.69 Å². The Morgan fingerprint density at radius 2 is 1.78 bits per heavy atom. The summed E-state index contributed by atoms with van der Waals surface area (Å²) in [7, 11) is 0. The standard InChI is InChI=1S/C16H16ClN3O3/c17-12-1-3-13(4-2-12)20-10-7-14(18-20)15(21)19-8-5-11(6-9-19)16(22)23/h1-4,7,10-11H,5-6,8-9H2,(H,22,23). The van der Waals surface area contributed by atoms with Crippen LogP contribution in [0.15, 0.2) is 36.5 Å². The van der Waals surface area contributed by atoms with Gasteiger partial charge < -0.3 is 10.0 Å². The van der Waals surface area contributed by atoms with Crippen LogP contribution in [0.5, 0.6) is 0 Å². The van der Waals surface area contributed by atoms with E-state index in [0.717, 1.165) is 5.69 Å². The molecular formula is C16H16ClN3O3. The number of rotatable bonds is 3. The molecule has 0 radical (unpaired) electrons. The zero-order valence-corrected chi connectivity index (χ0v) is 13.1.